The monoisotopic (exact) mass is 266 g/mol. The second-order valence-corrected chi connectivity index (χ2v) is 4.78. The topological polar surface area (TPSA) is 86.1 Å². The Morgan fingerprint density at radius 3 is 3.06 bits per heavy atom. The standard InChI is InChI=1S/C11H14N4O2S/c1-7-5-9(15(2)14-7)18-6-8-3-4-17-10(8)11(16)13-12/h3-5H,6,12H2,1-2H3,(H,13,16). The molecular formula is C11H14N4O2S. The number of aryl methyl sites for hydroxylation is 2. The number of hydrogen-bond donors (Lipinski definition) is 2. The molecule has 2 rings (SSSR count). The largest absolute Gasteiger partial charge is 0.459 e. The highest BCUT2D eigenvalue weighted by molar-refractivity contribution is 7.98. The fourth-order valence-electron chi connectivity index (χ4n) is 1.59. The van der Waals surface area contributed by atoms with Crippen molar-refractivity contribution in [2.75, 3.05) is 0 Å². The molecule has 3 N–H and O–H groups in total. The number of amides is 1. The van der Waals surface area contributed by atoms with Gasteiger partial charge < -0.3 is 4.42 Å². The normalized spacial score (nSPS) is 10.6. The molecule has 0 saturated heterocycles. The van der Waals surface area contributed by atoms with Crippen LogP contribution in [0.15, 0.2) is 27.8 Å². The van der Waals surface area contributed by atoms with Gasteiger partial charge in [0.1, 0.15) is 0 Å². The van der Waals surface area contributed by atoms with E-state index in [1.807, 2.05) is 24.7 Å². The second kappa shape index (κ2) is 5.28. The van der Waals surface area contributed by atoms with Gasteiger partial charge in [-0.1, -0.05) is 0 Å². The summed E-state index contributed by atoms with van der Waals surface area (Å²) >= 11 is 1.59. The van der Waals surface area contributed by atoms with Gasteiger partial charge in [0, 0.05) is 18.4 Å². The number of nitrogens with zero attached hydrogens (tertiary/aromatic N) is 2. The number of hydrogen-bond acceptors (Lipinski definition) is 5. The van der Waals surface area contributed by atoms with Crippen molar-refractivity contribution < 1.29 is 9.21 Å². The second-order valence-electron chi connectivity index (χ2n) is 3.78. The molecule has 18 heavy (non-hydrogen) atoms. The van der Waals surface area contributed by atoms with Gasteiger partial charge in [-0.25, -0.2) is 5.84 Å². The number of hydrazine groups is 1. The van der Waals surface area contributed by atoms with Gasteiger partial charge in [0.2, 0.25) is 0 Å². The van der Waals surface area contributed by atoms with Crippen LogP contribution in [0.3, 0.4) is 0 Å². The molecule has 1 amide bonds. The predicted molar refractivity (Wildman–Crippen MR) is 67.9 cm³/mol. The lowest BCUT2D eigenvalue weighted by Crippen LogP contribution is -2.30. The van der Waals surface area contributed by atoms with Crippen molar-refractivity contribution in [1.82, 2.24) is 15.2 Å². The van der Waals surface area contributed by atoms with Gasteiger partial charge in [0.05, 0.1) is 17.0 Å². The van der Waals surface area contributed by atoms with Crippen LogP contribution in [0, 0.1) is 6.92 Å². The number of furan rings is 1. The van der Waals surface area contributed by atoms with Crippen LogP contribution in [-0.2, 0) is 12.8 Å². The number of nitrogens with one attached hydrogen (secondary N) is 1. The Labute approximate surface area is 108 Å². The lowest BCUT2D eigenvalue weighted by Gasteiger charge is -2.02. The summed E-state index contributed by atoms with van der Waals surface area (Å²) in [6.07, 6.45) is 1.48. The fourth-order valence-corrected chi connectivity index (χ4v) is 2.60. The Bertz CT molecular complexity index is 561. The minimum atomic E-state index is -0.420. The Morgan fingerprint density at radius 2 is 2.44 bits per heavy atom. The van der Waals surface area contributed by atoms with Crippen LogP contribution in [0.2, 0.25) is 0 Å². The lowest BCUT2D eigenvalue weighted by molar-refractivity contribution is 0.0925. The molecule has 0 spiro atoms. The maximum atomic E-state index is 11.4. The molecule has 7 heteroatoms. The van der Waals surface area contributed by atoms with E-state index in [9.17, 15) is 4.79 Å². The summed E-state index contributed by atoms with van der Waals surface area (Å²) in [5.41, 5.74) is 3.83. The third-order valence-electron chi connectivity index (χ3n) is 2.42. The van der Waals surface area contributed by atoms with Gasteiger partial charge in [0.25, 0.3) is 0 Å². The van der Waals surface area contributed by atoms with Crippen molar-refractivity contribution in [3.63, 3.8) is 0 Å². The molecule has 0 unspecified atom stereocenters. The number of nitrogen functional groups attached to an aromatic ring is 1. The van der Waals surface area contributed by atoms with E-state index < -0.39 is 5.91 Å². The van der Waals surface area contributed by atoms with Crippen LogP contribution >= 0.6 is 11.8 Å². The molecule has 96 valence electrons. The van der Waals surface area contributed by atoms with E-state index >= 15 is 0 Å². The van der Waals surface area contributed by atoms with Crippen LogP contribution < -0.4 is 11.3 Å². The molecule has 2 aromatic rings. The first kappa shape index (κ1) is 12.7. The van der Waals surface area contributed by atoms with Crippen molar-refractivity contribution in [2.24, 2.45) is 12.9 Å². The molecule has 0 aliphatic carbocycles. The van der Waals surface area contributed by atoms with Gasteiger partial charge in [-0.05, 0) is 19.1 Å². The highest BCUT2D eigenvalue weighted by atomic mass is 32.2. The lowest BCUT2D eigenvalue weighted by atomic mass is 10.3. The fraction of sp³-hybridized carbons (Fsp3) is 0.273. The summed E-state index contributed by atoms with van der Waals surface area (Å²) in [6, 6.07) is 3.76. The van der Waals surface area contributed by atoms with Gasteiger partial charge in [0.15, 0.2) is 5.76 Å². The summed E-state index contributed by atoms with van der Waals surface area (Å²) in [7, 11) is 1.89. The molecule has 0 fully saturated rings. The van der Waals surface area contributed by atoms with E-state index in [0.29, 0.717) is 5.75 Å². The van der Waals surface area contributed by atoms with Crippen LogP contribution in [-0.4, -0.2) is 15.7 Å². The van der Waals surface area contributed by atoms with E-state index in [1.54, 1.807) is 17.8 Å². The Kier molecular flexibility index (Phi) is 3.73. The minimum absolute atomic E-state index is 0.254. The predicted octanol–water partition coefficient (Wildman–Crippen LogP) is 1.22. The van der Waals surface area contributed by atoms with Crippen molar-refractivity contribution in [3.05, 3.63) is 35.4 Å². The molecule has 0 bridgehead atoms. The van der Waals surface area contributed by atoms with Crippen LogP contribution in [0.25, 0.3) is 0 Å². The summed E-state index contributed by atoms with van der Waals surface area (Å²) in [4.78, 5) is 11.4. The average molecular weight is 266 g/mol. The van der Waals surface area contributed by atoms with Crippen molar-refractivity contribution in [2.45, 2.75) is 17.7 Å². The molecule has 6 nitrogen and oxygen atoms in total. The number of thioether (sulfide) groups is 1. The van der Waals surface area contributed by atoms with Crippen LogP contribution in [0.4, 0.5) is 0 Å². The third-order valence-corrected chi connectivity index (χ3v) is 3.55. The number of carbonyl (C=O) groups excluding carboxylic acids is 1. The molecule has 0 saturated carbocycles. The number of rotatable bonds is 4. The third kappa shape index (κ3) is 2.57. The van der Waals surface area contributed by atoms with Crippen molar-refractivity contribution in [3.8, 4) is 0 Å². The highest BCUT2D eigenvalue weighted by Crippen LogP contribution is 2.25. The summed E-state index contributed by atoms with van der Waals surface area (Å²) in [6.45, 7) is 1.94. The van der Waals surface area contributed by atoms with Gasteiger partial charge in [-0.15, -0.1) is 11.8 Å². The Balaban J connectivity index is 2.09. The average Bonchev–Trinajstić information content (AvgIpc) is 2.92. The van der Waals surface area contributed by atoms with Gasteiger partial charge >= 0.3 is 5.91 Å². The molecule has 0 aromatic carbocycles. The zero-order valence-corrected chi connectivity index (χ0v) is 11.0. The molecule has 0 aliphatic heterocycles. The molecule has 0 radical (unpaired) electrons. The molecule has 0 aliphatic rings. The first-order chi connectivity index (χ1) is 8.61. The number of aromatic nitrogens is 2. The van der Waals surface area contributed by atoms with Gasteiger partial charge in [-0.3, -0.25) is 14.9 Å². The van der Waals surface area contributed by atoms with Crippen molar-refractivity contribution in [1.29, 1.82) is 0 Å². The Morgan fingerprint density at radius 1 is 1.67 bits per heavy atom. The van der Waals surface area contributed by atoms with E-state index in [1.165, 1.54) is 6.26 Å². The zero-order valence-electron chi connectivity index (χ0n) is 10.1. The van der Waals surface area contributed by atoms with Crippen molar-refractivity contribution >= 4 is 17.7 Å². The van der Waals surface area contributed by atoms with E-state index in [2.05, 4.69) is 10.5 Å². The molecule has 0 atom stereocenters. The minimum Gasteiger partial charge on any atom is -0.459 e. The zero-order chi connectivity index (χ0) is 13.1. The SMILES string of the molecule is Cc1cc(SCc2ccoc2C(=O)NN)n(C)n1. The number of carbonyl (C=O) groups is 1. The quantitative estimate of drug-likeness (QED) is 0.376. The molecular weight excluding hydrogens is 252 g/mol. The van der Waals surface area contributed by atoms with E-state index in [-0.39, 0.29) is 5.76 Å². The first-order valence-electron chi connectivity index (χ1n) is 5.32. The highest BCUT2D eigenvalue weighted by Gasteiger charge is 2.14. The van der Waals surface area contributed by atoms with Crippen LogP contribution in [0.1, 0.15) is 21.8 Å². The maximum Gasteiger partial charge on any atom is 0.301 e. The first-order valence-corrected chi connectivity index (χ1v) is 6.31. The number of nitrogens with two attached hydrogens (primary N) is 1. The molecule has 2 heterocycles. The summed E-state index contributed by atoms with van der Waals surface area (Å²) in [5.74, 6) is 5.54. The summed E-state index contributed by atoms with van der Waals surface area (Å²) in [5, 5.41) is 5.29. The van der Waals surface area contributed by atoms with Gasteiger partial charge in [-0.2, -0.15) is 5.10 Å². The van der Waals surface area contributed by atoms with E-state index in [4.69, 9.17) is 10.3 Å². The Hall–Kier alpha value is -1.73. The van der Waals surface area contributed by atoms with Crippen LogP contribution in [0.5, 0.6) is 0 Å². The maximum absolute atomic E-state index is 11.4. The molecule has 2 aromatic heterocycles. The van der Waals surface area contributed by atoms with E-state index in [0.717, 1.165) is 16.3 Å². The smallest absolute Gasteiger partial charge is 0.301 e. The summed E-state index contributed by atoms with van der Waals surface area (Å²) < 4.78 is 6.92.